The monoisotopic (exact) mass is 280 g/mol. The molecule has 1 fully saturated rings. The van der Waals surface area contributed by atoms with E-state index in [4.69, 9.17) is 5.11 Å². The number of carboxylic acid groups (broad SMARTS) is 1. The van der Waals surface area contributed by atoms with Gasteiger partial charge < -0.3 is 10.4 Å². The number of amides is 1. The van der Waals surface area contributed by atoms with Crippen LogP contribution in [0, 0.1) is 0 Å². The third kappa shape index (κ3) is 4.24. The molecule has 2 rings (SSSR count). The molecule has 1 aliphatic carbocycles. The zero-order chi connectivity index (χ0) is 13.7. The summed E-state index contributed by atoms with van der Waals surface area (Å²) in [6, 6.07) is 3.44. The molecule has 0 saturated heterocycles. The molecule has 1 saturated carbocycles. The molecule has 0 radical (unpaired) electrons. The molecule has 19 heavy (non-hydrogen) atoms. The number of hydrogen-bond acceptors (Lipinski definition) is 4. The Morgan fingerprint density at radius 3 is 2.68 bits per heavy atom. The van der Waals surface area contributed by atoms with E-state index in [0.717, 1.165) is 12.8 Å². The summed E-state index contributed by atoms with van der Waals surface area (Å²) in [6.45, 7) is 0. The number of thioether (sulfide) groups is 1. The van der Waals surface area contributed by atoms with Gasteiger partial charge in [0.15, 0.2) is 0 Å². The number of aromatic nitrogens is 1. The second-order valence-electron chi connectivity index (χ2n) is 4.53. The van der Waals surface area contributed by atoms with Crippen LogP contribution in [-0.2, 0) is 4.79 Å². The minimum absolute atomic E-state index is 0.0148. The smallest absolute Gasteiger partial charge is 0.337 e. The van der Waals surface area contributed by atoms with E-state index in [1.807, 2.05) is 0 Å². The Bertz CT molecular complexity index is 455. The van der Waals surface area contributed by atoms with Crippen molar-refractivity contribution >= 4 is 23.6 Å². The number of nitrogens with zero attached hydrogens (tertiary/aromatic N) is 1. The van der Waals surface area contributed by atoms with Crippen molar-refractivity contribution in [3.8, 4) is 0 Å². The molecule has 1 heterocycles. The lowest BCUT2D eigenvalue weighted by Gasteiger charge is -2.11. The fraction of sp³-hybridized carbons (Fsp3) is 0.462. The lowest BCUT2D eigenvalue weighted by molar-refractivity contribution is -0.119. The van der Waals surface area contributed by atoms with E-state index in [2.05, 4.69) is 10.3 Å². The Morgan fingerprint density at radius 1 is 1.37 bits per heavy atom. The van der Waals surface area contributed by atoms with Gasteiger partial charge in [-0.1, -0.05) is 24.6 Å². The number of rotatable bonds is 5. The van der Waals surface area contributed by atoms with Gasteiger partial charge in [-0.2, -0.15) is 0 Å². The summed E-state index contributed by atoms with van der Waals surface area (Å²) >= 11 is 1.32. The molecule has 0 atom stereocenters. The van der Waals surface area contributed by atoms with E-state index in [1.54, 1.807) is 6.07 Å². The van der Waals surface area contributed by atoms with Crippen LogP contribution in [0.2, 0.25) is 0 Å². The minimum Gasteiger partial charge on any atom is -0.478 e. The summed E-state index contributed by atoms with van der Waals surface area (Å²) in [5.41, 5.74) is 0.153. The first-order valence-corrected chi connectivity index (χ1v) is 7.25. The van der Waals surface area contributed by atoms with Crippen molar-refractivity contribution in [2.75, 3.05) is 5.75 Å². The van der Waals surface area contributed by atoms with Crippen molar-refractivity contribution in [1.29, 1.82) is 0 Å². The van der Waals surface area contributed by atoms with E-state index >= 15 is 0 Å². The van der Waals surface area contributed by atoms with Crippen LogP contribution in [0.5, 0.6) is 0 Å². The van der Waals surface area contributed by atoms with E-state index in [0.29, 0.717) is 16.8 Å². The van der Waals surface area contributed by atoms with Gasteiger partial charge in [0.2, 0.25) is 5.91 Å². The van der Waals surface area contributed by atoms with Crippen molar-refractivity contribution < 1.29 is 14.7 Å². The highest BCUT2D eigenvalue weighted by Gasteiger charge is 2.17. The van der Waals surface area contributed by atoms with Crippen molar-refractivity contribution in [3.63, 3.8) is 0 Å². The first-order chi connectivity index (χ1) is 9.15. The maximum atomic E-state index is 11.7. The van der Waals surface area contributed by atoms with Gasteiger partial charge in [-0.25, -0.2) is 9.78 Å². The summed E-state index contributed by atoms with van der Waals surface area (Å²) in [5, 5.41) is 12.4. The maximum Gasteiger partial charge on any atom is 0.337 e. The van der Waals surface area contributed by atoms with E-state index in [1.165, 1.54) is 36.9 Å². The number of carbonyl (C=O) groups is 2. The molecule has 1 aromatic rings. The fourth-order valence-electron chi connectivity index (χ4n) is 2.07. The third-order valence-electron chi connectivity index (χ3n) is 3.05. The Balaban J connectivity index is 1.77. The summed E-state index contributed by atoms with van der Waals surface area (Å²) in [6.07, 6.45) is 5.83. The highest BCUT2D eigenvalue weighted by Crippen LogP contribution is 2.19. The molecule has 0 aromatic carbocycles. The normalized spacial score (nSPS) is 15.4. The van der Waals surface area contributed by atoms with Crippen LogP contribution in [0.3, 0.4) is 0 Å². The Hall–Kier alpha value is -1.56. The topological polar surface area (TPSA) is 79.3 Å². The number of carboxylic acids is 1. The number of hydrogen-bond donors (Lipinski definition) is 2. The van der Waals surface area contributed by atoms with Crippen molar-refractivity contribution in [1.82, 2.24) is 10.3 Å². The molecule has 0 aliphatic heterocycles. The summed E-state index contributed by atoms with van der Waals surface area (Å²) in [4.78, 5) is 26.4. The number of aromatic carboxylic acids is 1. The highest BCUT2D eigenvalue weighted by molar-refractivity contribution is 7.99. The fourth-order valence-corrected chi connectivity index (χ4v) is 2.72. The lowest BCUT2D eigenvalue weighted by Crippen LogP contribution is -2.33. The summed E-state index contributed by atoms with van der Waals surface area (Å²) in [5.74, 6) is -0.667. The average Bonchev–Trinajstić information content (AvgIpc) is 2.89. The molecule has 0 bridgehead atoms. The van der Waals surface area contributed by atoms with Crippen molar-refractivity contribution in [3.05, 3.63) is 23.9 Å². The maximum absolute atomic E-state index is 11.7. The van der Waals surface area contributed by atoms with Crippen LogP contribution in [0.25, 0.3) is 0 Å². The van der Waals surface area contributed by atoms with Gasteiger partial charge in [-0.05, 0) is 25.0 Å². The van der Waals surface area contributed by atoms with Crippen LogP contribution < -0.4 is 5.32 Å². The second kappa shape index (κ2) is 6.56. The second-order valence-corrected chi connectivity index (χ2v) is 5.52. The zero-order valence-electron chi connectivity index (χ0n) is 10.5. The summed E-state index contributed by atoms with van der Waals surface area (Å²) in [7, 11) is 0. The highest BCUT2D eigenvalue weighted by atomic mass is 32.2. The van der Waals surface area contributed by atoms with E-state index < -0.39 is 5.97 Å². The molecule has 0 spiro atoms. The zero-order valence-corrected chi connectivity index (χ0v) is 11.3. The average molecular weight is 280 g/mol. The third-order valence-corrected chi connectivity index (χ3v) is 4.00. The SMILES string of the molecule is O=C(CSc1ccc(C(=O)O)cn1)NC1CCCC1. The lowest BCUT2D eigenvalue weighted by atomic mass is 10.2. The number of nitrogens with one attached hydrogen (secondary N) is 1. The molecule has 2 N–H and O–H groups in total. The van der Waals surface area contributed by atoms with Gasteiger partial charge in [0, 0.05) is 12.2 Å². The molecule has 1 aliphatic rings. The number of pyridine rings is 1. The molecule has 1 aromatic heterocycles. The van der Waals surface area contributed by atoms with Crippen molar-refractivity contribution in [2.45, 2.75) is 36.8 Å². The molecular formula is C13H16N2O3S. The molecule has 6 heteroatoms. The Labute approximate surface area is 115 Å². The van der Waals surface area contributed by atoms with Gasteiger partial charge in [0.05, 0.1) is 16.3 Å². The van der Waals surface area contributed by atoms with Crippen LogP contribution in [-0.4, -0.2) is 33.8 Å². The Morgan fingerprint density at radius 2 is 2.11 bits per heavy atom. The first-order valence-electron chi connectivity index (χ1n) is 6.26. The van der Waals surface area contributed by atoms with Crippen molar-refractivity contribution in [2.24, 2.45) is 0 Å². The van der Waals surface area contributed by atoms with Crippen LogP contribution >= 0.6 is 11.8 Å². The molecule has 1 amide bonds. The van der Waals surface area contributed by atoms with Gasteiger partial charge in [-0.15, -0.1) is 0 Å². The summed E-state index contributed by atoms with van der Waals surface area (Å²) < 4.78 is 0. The molecule has 5 nitrogen and oxygen atoms in total. The van der Waals surface area contributed by atoms with E-state index in [9.17, 15) is 9.59 Å². The standard InChI is InChI=1S/C13H16N2O3S/c16-11(15-10-3-1-2-4-10)8-19-12-6-5-9(7-14-12)13(17)18/h5-7,10H,1-4,8H2,(H,15,16)(H,17,18). The van der Waals surface area contributed by atoms with Crippen LogP contribution in [0.1, 0.15) is 36.0 Å². The predicted molar refractivity (Wildman–Crippen MR) is 72.3 cm³/mol. The van der Waals surface area contributed by atoms with Gasteiger partial charge >= 0.3 is 5.97 Å². The number of carbonyl (C=O) groups excluding carboxylic acids is 1. The first kappa shape index (κ1) is 13.9. The predicted octanol–water partition coefficient (Wildman–Crippen LogP) is 1.93. The van der Waals surface area contributed by atoms with Crippen LogP contribution in [0.4, 0.5) is 0 Å². The van der Waals surface area contributed by atoms with E-state index in [-0.39, 0.29) is 11.5 Å². The van der Waals surface area contributed by atoms with Gasteiger partial charge in [-0.3, -0.25) is 4.79 Å². The molecule has 0 unspecified atom stereocenters. The van der Waals surface area contributed by atoms with Gasteiger partial charge in [0.1, 0.15) is 0 Å². The minimum atomic E-state index is -0.997. The van der Waals surface area contributed by atoms with Gasteiger partial charge in [0.25, 0.3) is 0 Å². The molecular weight excluding hydrogens is 264 g/mol. The quantitative estimate of drug-likeness (QED) is 0.806. The van der Waals surface area contributed by atoms with Crippen LogP contribution in [0.15, 0.2) is 23.4 Å². The molecule has 102 valence electrons. The largest absolute Gasteiger partial charge is 0.478 e. The Kier molecular flexibility index (Phi) is 4.79.